The lowest BCUT2D eigenvalue weighted by Crippen LogP contribution is -2.25. The highest BCUT2D eigenvalue weighted by Crippen LogP contribution is 2.33. The summed E-state index contributed by atoms with van der Waals surface area (Å²) in [4.78, 5) is 25.0. The third-order valence-electron chi connectivity index (χ3n) is 3.82. The average Bonchev–Trinajstić information content (AvgIpc) is 2.94. The zero-order valence-corrected chi connectivity index (χ0v) is 12.8. The van der Waals surface area contributed by atoms with E-state index < -0.39 is 0 Å². The number of nitrogens with zero attached hydrogens (tertiary/aromatic N) is 3. The fourth-order valence-corrected chi connectivity index (χ4v) is 3.64. The molecule has 0 spiro atoms. The average molecular weight is 290 g/mol. The van der Waals surface area contributed by atoms with Gasteiger partial charge in [-0.05, 0) is 25.8 Å². The van der Waals surface area contributed by atoms with Gasteiger partial charge >= 0.3 is 0 Å². The molecule has 3 heterocycles. The number of thiophene rings is 1. The normalized spacial score (nSPS) is 15.3. The van der Waals surface area contributed by atoms with Crippen LogP contribution in [0.5, 0.6) is 0 Å². The molecule has 5 nitrogen and oxygen atoms in total. The van der Waals surface area contributed by atoms with Crippen molar-refractivity contribution in [2.75, 3.05) is 18.9 Å². The molecule has 6 heteroatoms. The van der Waals surface area contributed by atoms with Crippen molar-refractivity contribution < 1.29 is 4.79 Å². The Hall–Kier alpha value is -1.69. The standard InChI is InChI=1S/C14H18N4OS/c1-8-9(2)20-14-12(8)13(15-3)16-10(17-14)7-18-6-4-5-11(18)19/h4-7H2,1-3H3,(H,15,16,17). The molecule has 3 rings (SSSR count). The third kappa shape index (κ3) is 2.14. The summed E-state index contributed by atoms with van der Waals surface area (Å²) in [5, 5.41) is 4.26. The Kier molecular flexibility index (Phi) is 3.33. The van der Waals surface area contributed by atoms with Crippen LogP contribution in [0.3, 0.4) is 0 Å². The molecular weight excluding hydrogens is 272 g/mol. The Balaban J connectivity index is 2.02. The van der Waals surface area contributed by atoms with Gasteiger partial charge in [0.05, 0.1) is 11.9 Å². The molecule has 0 aliphatic carbocycles. The van der Waals surface area contributed by atoms with Crippen molar-refractivity contribution in [1.82, 2.24) is 14.9 Å². The molecule has 1 fully saturated rings. The lowest BCUT2D eigenvalue weighted by molar-refractivity contribution is -0.128. The van der Waals surface area contributed by atoms with Gasteiger partial charge in [0, 0.05) is 24.9 Å². The van der Waals surface area contributed by atoms with Crippen LogP contribution in [0.15, 0.2) is 0 Å². The summed E-state index contributed by atoms with van der Waals surface area (Å²) < 4.78 is 0. The SMILES string of the molecule is CNc1nc(CN2CCCC2=O)nc2sc(C)c(C)c12. The van der Waals surface area contributed by atoms with Gasteiger partial charge in [-0.1, -0.05) is 0 Å². The Morgan fingerprint density at radius 3 is 2.80 bits per heavy atom. The van der Waals surface area contributed by atoms with Crippen LogP contribution < -0.4 is 5.32 Å². The summed E-state index contributed by atoms with van der Waals surface area (Å²) in [6.07, 6.45) is 1.59. The predicted octanol–water partition coefficient (Wildman–Crippen LogP) is 2.47. The van der Waals surface area contributed by atoms with E-state index in [4.69, 9.17) is 0 Å². The molecule has 1 amide bonds. The lowest BCUT2D eigenvalue weighted by atomic mass is 10.2. The van der Waals surface area contributed by atoms with E-state index in [9.17, 15) is 4.79 Å². The van der Waals surface area contributed by atoms with Crippen molar-refractivity contribution in [3.05, 3.63) is 16.3 Å². The maximum Gasteiger partial charge on any atom is 0.223 e. The van der Waals surface area contributed by atoms with E-state index in [0.29, 0.717) is 13.0 Å². The molecule has 0 unspecified atom stereocenters. The van der Waals surface area contributed by atoms with Crippen LogP contribution in [0, 0.1) is 13.8 Å². The minimum absolute atomic E-state index is 0.207. The van der Waals surface area contributed by atoms with Crippen molar-refractivity contribution in [2.24, 2.45) is 0 Å². The van der Waals surface area contributed by atoms with Crippen molar-refractivity contribution in [1.29, 1.82) is 0 Å². The maximum absolute atomic E-state index is 11.7. The number of likely N-dealkylation sites (tertiary alicyclic amines) is 1. The van der Waals surface area contributed by atoms with Gasteiger partial charge in [0.2, 0.25) is 5.91 Å². The summed E-state index contributed by atoms with van der Waals surface area (Å²) in [5.41, 5.74) is 1.23. The number of aryl methyl sites for hydroxylation is 2. The highest BCUT2D eigenvalue weighted by Gasteiger charge is 2.22. The summed E-state index contributed by atoms with van der Waals surface area (Å²) in [6.45, 7) is 5.53. The third-order valence-corrected chi connectivity index (χ3v) is 4.92. The van der Waals surface area contributed by atoms with Crippen LogP contribution in [-0.2, 0) is 11.3 Å². The number of carbonyl (C=O) groups is 1. The second kappa shape index (κ2) is 5.01. The zero-order valence-electron chi connectivity index (χ0n) is 12.0. The first-order valence-electron chi connectivity index (χ1n) is 6.82. The van der Waals surface area contributed by atoms with Gasteiger partial charge in [0.25, 0.3) is 0 Å². The molecule has 1 aliphatic heterocycles. The first kappa shape index (κ1) is 13.3. The molecular formula is C14H18N4OS. The van der Waals surface area contributed by atoms with E-state index in [1.807, 2.05) is 11.9 Å². The van der Waals surface area contributed by atoms with Crippen LogP contribution in [0.1, 0.15) is 29.1 Å². The van der Waals surface area contributed by atoms with Crippen molar-refractivity contribution in [3.8, 4) is 0 Å². The van der Waals surface area contributed by atoms with E-state index in [1.165, 1.54) is 10.4 Å². The minimum atomic E-state index is 0.207. The Labute approximate surface area is 122 Å². The van der Waals surface area contributed by atoms with Gasteiger partial charge in [-0.15, -0.1) is 11.3 Å². The van der Waals surface area contributed by atoms with E-state index in [0.717, 1.165) is 34.8 Å². The quantitative estimate of drug-likeness (QED) is 0.943. The van der Waals surface area contributed by atoms with Gasteiger partial charge < -0.3 is 10.2 Å². The monoisotopic (exact) mass is 290 g/mol. The molecule has 1 N–H and O–H groups in total. The maximum atomic E-state index is 11.7. The van der Waals surface area contributed by atoms with Crippen molar-refractivity contribution in [3.63, 3.8) is 0 Å². The minimum Gasteiger partial charge on any atom is -0.372 e. The van der Waals surface area contributed by atoms with Crippen LogP contribution in [-0.4, -0.2) is 34.4 Å². The topological polar surface area (TPSA) is 58.1 Å². The molecule has 106 valence electrons. The smallest absolute Gasteiger partial charge is 0.223 e. The van der Waals surface area contributed by atoms with E-state index >= 15 is 0 Å². The van der Waals surface area contributed by atoms with Crippen LogP contribution in [0.2, 0.25) is 0 Å². The van der Waals surface area contributed by atoms with E-state index in [-0.39, 0.29) is 5.91 Å². The molecule has 0 saturated carbocycles. The number of hydrogen-bond donors (Lipinski definition) is 1. The molecule has 20 heavy (non-hydrogen) atoms. The number of nitrogens with one attached hydrogen (secondary N) is 1. The summed E-state index contributed by atoms with van der Waals surface area (Å²) in [7, 11) is 1.87. The number of anilines is 1. The number of aromatic nitrogens is 2. The first-order chi connectivity index (χ1) is 9.60. The molecule has 0 aromatic carbocycles. The van der Waals surface area contributed by atoms with Crippen molar-refractivity contribution in [2.45, 2.75) is 33.2 Å². The largest absolute Gasteiger partial charge is 0.372 e. The summed E-state index contributed by atoms with van der Waals surface area (Å²) in [6, 6.07) is 0. The Morgan fingerprint density at radius 2 is 2.15 bits per heavy atom. The second-order valence-electron chi connectivity index (χ2n) is 5.12. The number of carbonyl (C=O) groups excluding carboxylic acids is 1. The Bertz CT molecular complexity index is 679. The van der Waals surface area contributed by atoms with Gasteiger partial charge in [-0.3, -0.25) is 4.79 Å². The fourth-order valence-electron chi connectivity index (χ4n) is 2.59. The zero-order chi connectivity index (χ0) is 14.3. The number of rotatable bonds is 3. The number of hydrogen-bond acceptors (Lipinski definition) is 5. The molecule has 0 radical (unpaired) electrons. The van der Waals surface area contributed by atoms with Gasteiger partial charge in [0.15, 0.2) is 5.82 Å². The van der Waals surface area contributed by atoms with E-state index in [2.05, 4.69) is 29.1 Å². The summed E-state index contributed by atoms with van der Waals surface area (Å²) >= 11 is 1.69. The van der Waals surface area contributed by atoms with Crippen molar-refractivity contribution >= 4 is 33.3 Å². The van der Waals surface area contributed by atoms with Crippen LogP contribution in [0.25, 0.3) is 10.2 Å². The predicted molar refractivity (Wildman–Crippen MR) is 81.1 cm³/mol. The highest BCUT2D eigenvalue weighted by molar-refractivity contribution is 7.18. The summed E-state index contributed by atoms with van der Waals surface area (Å²) in [5.74, 6) is 1.79. The number of amides is 1. The van der Waals surface area contributed by atoms with Gasteiger partial charge in [0.1, 0.15) is 10.6 Å². The molecule has 0 bridgehead atoms. The molecule has 2 aromatic heterocycles. The van der Waals surface area contributed by atoms with Gasteiger partial charge in [-0.2, -0.15) is 0 Å². The Morgan fingerprint density at radius 1 is 1.35 bits per heavy atom. The fraction of sp³-hybridized carbons (Fsp3) is 0.500. The number of fused-ring (bicyclic) bond motifs is 1. The first-order valence-corrected chi connectivity index (χ1v) is 7.64. The van der Waals surface area contributed by atoms with Crippen LogP contribution >= 0.6 is 11.3 Å². The second-order valence-corrected chi connectivity index (χ2v) is 6.32. The molecule has 0 atom stereocenters. The molecule has 1 saturated heterocycles. The van der Waals surface area contributed by atoms with E-state index in [1.54, 1.807) is 11.3 Å². The highest BCUT2D eigenvalue weighted by atomic mass is 32.1. The van der Waals surface area contributed by atoms with Gasteiger partial charge in [-0.25, -0.2) is 9.97 Å². The lowest BCUT2D eigenvalue weighted by Gasteiger charge is -2.15. The van der Waals surface area contributed by atoms with Crippen LogP contribution in [0.4, 0.5) is 5.82 Å². The molecule has 2 aromatic rings. The molecule has 1 aliphatic rings.